The molecule has 0 amide bonds. The maximum absolute atomic E-state index is 6.00. The van der Waals surface area contributed by atoms with Gasteiger partial charge in [0.05, 0.1) is 0 Å². The number of fused-ring (bicyclic) bond motifs is 1. The van der Waals surface area contributed by atoms with Gasteiger partial charge in [-0.3, -0.25) is 0 Å². The SMILES string of the molecule is c1ccc(SC2CCc3ccccc3O2)cc1. The van der Waals surface area contributed by atoms with Crippen LogP contribution in [0, 0.1) is 0 Å². The van der Waals surface area contributed by atoms with Gasteiger partial charge in [0.25, 0.3) is 0 Å². The Hall–Kier alpha value is -1.41. The van der Waals surface area contributed by atoms with Crippen LogP contribution in [0.2, 0.25) is 0 Å². The van der Waals surface area contributed by atoms with E-state index in [0.29, 0.717) is 0 Å². The maximum atomic E-state index is 6.00. The molecule has 0 aromatic heterocycles. The second-order valence-electron chi connectivity index (χ2n) is 4.12. The van der Waals surface area contributed by atoms with Gasteiger partial charge in [0, 0.05) is 4.90 Å². The number of thioether (sulfide) groups is 1. The minimum atomic E-state index is 0.243. The van der Waals surface area contributed by atoms with Gasteiger partial charge in [-0.05, 0) is 36.6 Å². The topological polar surface area (TPSA) is 9.23 Å². The van der Waals surface area contributed by atoms with E-state index in [2.05, 4.69) is 42.5 Å². The summed E-state index contributed by atoms with van der Waals surface area (Å²) in [5, 5.41) is 0. The second kappa shape index (κ2) is 4.84. The van der Waals surface area contributed by atoms with Crippen molar-refractivity contribution in [3.05, 3.63) is 60.2 Å². The van der Waals surface area contributed by atoms with Gasteiger partial charge in [0.15, 0.2) is 0 Å². The molecule has 1 aliphatic heterocycles. The van der Waals surface area contributed by atoms with E-state index in [9.17, 15) is 0 Å². The first-order valence-electron chi connectivity index (χ1n) is 5.88. The highest BCUT2D eigenvalue weighted by Crippen LogP contribution is 2.34. The summed E-state index contributed by atoms with van der Waals surface area (Å²) in [6.07, 6.45) is 2.19. The molecular formula is C15H14OS. The molecule has 1 atom stereocenters. The first kappa shape index (κ1) is 10.7. The van der Waals surface area contributed by atoms with E-state index in [4.69, 9.17) is 4.74 Å². The third kappa shape index (κ3) is 2.47. The van der Waals surface area contributed by atoms with Crippen LogP contribution in [0.4, 0.5) is 0 Å². The molecule has 3 rings (SSSR count). The molecule has 0 N–H and O–H groups in total. The number of ether oxygens (including phenoxy) is 1. The number of hydrogen-bond acceptors (Lipinski definition) is 2. The van der Waals surface area contributed by atoms with Crippen molar-refractivity contribution in [1.29, 1.82) is 0 Å². The van der Waals surface area contributed by atoms with E-state index in [0.717, 1.165) is 18.6 Å². The van der Waals surface area contributed by atoms with Gasteiger partial charge in [-0.2, -0.15) is 0 Å². The van der Waals surface area contributed by atoms with Crippen LogP contribution in [0.3, 0.4) is 0 Å². The molecule has 0 spiro atoms. The van der Waals surface area contributed by atoms with E-state index >= 15 is 0 Å². The van der Waals surface area contributed by atoms with Crippen molar-refractivity contribution in [2.45, 2.75) is 23.2 Å². The fourth-order valence-electron chi connectivity index (χ4n) is 2.03. The molecule has 1 heterocycles. The van der Waals surface area contributed by atoms with Gasteiger partial charge >= 0.3 is 0 Å². The van der Waals surface area contributed by atoms with Crippen LogP contribution in [0.25, 0.3) is 0 Å². The van der Waals surface area contributed by atoms with Crippen LogP contribution in [0.15, 0.2) is 59.5 Å². The minimum Gasteiger partial charge on any atom is -0.479 e. The average molecular weight is 242 g/mol. The molecule has 2 aromatic rings. The molecule has 1 aliphatic rings. The summed E-state index contributed by atoms with van der Waals surface area (Å²) in [7, 11) is 0. The summed E-state index contributed by atoms with van der Waals surface area (Å²) in [4.78, 5) is 1.27. The summed E-state index contributed by atoms with van der Waals surface area (Å²) >= 11 is 1.81. The normalized spacial score (nSPS) is 18.2. The Morgan fingerprint density at radius 1 is 0.941 bits per heavy atom. The predicted octanol–water partition coefficient (Wildman–Crippen LogP) is 4.13. The van der Waals surface area contributed by atoms with Crippen LogP contribution in [-0.2, 0) is 6.42 Å². The van der Waals surface area contributed by atoms with Crippen molar-refractivity contribution < 1.29 is 4.74 Å². The molecule has 86 valence electrons. The van der Waals surface area contributed by atoms with E-state index in [1.807, 2.05) is 12.1 Å². The third-order valence-corrected chi connectivity index (χ3v) is 4.03. The Labute approximate surface area is 106 Å². The number of aryl methyl sites for hydroxylation is 1. The number of hydrogen-bond donors (Lipinski definition) is 0. The first-order chi connectivity index (χ1) is 8.42. The van der Waals surface area contributed by atoms with Gasteiger partial charge in [0.2, 0.25) is 0 Å². The van der Waals surface area contributed by atoms with Gasteiger partial charge in [-0.1, -0.05) is 48.2 Å². The van der Waals surface area contributed by atoms with Crippen molar-refractivity contribution in [2.24, 2.45) is 0 Å². The average Bonchev–Trinajstić information content (AvgIpc) is 2.40. The van der Waals surface area contributed by atoms with Gasteiger partial charge < -0.3 is 4.74 Å². The lowest BCUT2D eigenvalue weighted by Crippen LogP contribution is -2.18. The Morgan fingerprint density at radius 2 is 1.71 bits per heavy atom. The van der Waals surface area contributed by atoms with Crippen molar-refractivity contribution in [1.82, 2.24) is 0 Å². The molecule has 0 radical (unpaired) electrons. The first-order valence-corrected chi connectivity index (χ1v) is 6.76. The fraction of sp³-hybridized carbons (Fsp3) is 0.200. The lowest BCUT2D eigenvalue weighted by atomic mass is 10.1. The highest BCUT2D eigenvalue weighted by molar-refractivity contribution is 7.99. The number of rotatable bonds is 2. The lowest BCUT2D eigenvalue weighted by Gasteiger charge is -2.25. The Kier molecular flexibility index (Phi) is 3.06. The van der Waals surface area contributed by atoms with Crippen LogP contribution >= 0.6 is 11.8 Å². The molecule has 2 aromatic carbocycles. The molecule has 1 nitrogen and oxygen atoms in total. The van der Waals surface area contributed by atoms with Gasteiger partial charge in [-0.15, -0.1) is 0 Å². The Morgan fingerprint density at radius 3 is 2.59 bits per heavy atom. The highest BCUT2D eigenvalue weighted by Gasteiger charge is 2.19. The molecule has 0 aliphatic carbocycles. The van der Waals surface area contributed by atoms with Crippen molar-refractivity contribution in [2.75, 3.05) is 0 Å². The molecule has 1 unspecified atom stereocenters. The lowest BCUT2D eigenvalue weighted by molar-refractivity contribution is 0.256. The van der Waals surface area contributed by atoms with Crippen molar-refractivity contribution >= 4 is 11.8 Å². The maximum Gasteiger partial charge on any atom is 0.149 e. The van der Waals surface area contributed by atoms with Crippen molar-refractivity contribution in [3.8, 4) is 5.75 Å². The zero-order valence-electron chi connectivity index (χ0n) is 9.50. The Balaban J connectivity index is 1.72. The molecular weight excluding hydrogens is 228 g/mol. The van der Waals surface area contributed by atoms with E-state index in [1.165, 1.54) is 10.5 Å². The Bertz CT molecular complexity index is 495. The molecule has 0 saturated heterocycles. The summed E-state index contributed by atoms with van der Waals surface area (Å²) in [6, 6.07) is 18.8. The minimum absolute atomic E-state index is 0.243. The van der Waals surface area contributed by atoms with Crippen molar-refractivity contribution in [3.63, 3.8) is 0 Å². The summed E-state index contributed by atoms with van der Waals surface area (Å²) in [6.45, 7) is 0. The summed E-state index contributed by atoms with van der Waals surface area (Å²) < 4.78 is 6.00. The summed E-state index contributed by atoms with van der Waals surface area (Å²) in [5.41, 5.74) is 1.57. The van der Waals surface area contributed by atoms with E-state index in [1.54, 1.807) is 11.8 Å². The van der Waals surface area contributed by atoms with E-state index < -0.39 is 0 Å². The monoisotopic (exact) mass is 242 g/mol. The molecule has 0 bridgehead atoms. The third-order valence-electron chi connectivity index (χ3n) is 2.89. The molecule has 17 heavy (non-hydrogen) atoms. The quantitative estimate of drug-likeness (QED) is 0.783. The van der Waals surface area contributed by atoms with Gasteiger partial charge in [0.1, 0.15) is 11.2 Å². The molecule has 0 fully saturated rings. The van der Waals surface area contributed by atoms with Crippen LogP contribution in [0.5, 0.6) is 5.75 Å². The van der Waals surface area contributed by atoms with Crippen LogP contribution in [0.1, 0.15) is 12.0 Å². The highest BCUT2D eigenvalue weighted by atomic mass is 32.2. The zero-order valence-corrected chi connectivity index (χ0v) is 10.3. The second-order valence-corrected chi connectivity index (χ2v) is 5.36. The standard InChI is InChI=1S/C15H14OS/c1-2-7-13(8-3-1)17-15-11-10-12-6-4-5-9-14(12)16-15/h1-9,15H,10-11H2. The van der Waals surface area contributed by atoms with E-state index in [-0.39, 0.29) is 5.44 Å². The van der Waals surface area contributed by atoms with Gasteiger partial charge in [-0.25, -0.2) is 0 Å². The predicted molar refractivity (Wildman–Crippen MR) is 71.5 cm³/mol. The smallest absolute Gasteiger partial charge is 0.149 e. The number of benzene rings is 2. The zero-order chi connectivity index (χ0) is 11.5. The number of para-hydroxylation sites is 1. The largest absolute Gasteiger partial charge is 0.479 e. The summed E-state index contributed by atoms with van der Waals surface area (Å²) in [5.74, 6) is 1.05. The molecule has 0 saturated carbocycles. The van der Waals surface area contributed by atoms with Crippen LogP contribution < -0.4 is 4.74 Å². The fourth-order valence-corrected chi connectivity index (χ4v) is 3.04. The van der Waals surface area contributed by atoms with Crippen LogP contribution in [-0.4, -0.2) is 5.44 Å². The molecule has 2 heteroatoms.